The summed E-state index contributed by atoms with van der Waals surface area (Å²) in [4.78, 5) is 18.9. The molecule has 0 saturated carbocycles. The molecule has 1 N–H and O–H groups in total. The van der Waals surface area contributed by atoms with Crippen molar-refractivity contribution in [2.24, 2.45) is 0 Å². The molecule has 2 aromatic carbocycles. The summed E-state index contributed by atoms with van der Waals surface area (Å²) < 4.78 is 3.69. The number of hydrogen-bond donors (Lipinski definition) is 1. The van der Waals surface area contributed by atoms with Gasteiger partial charge in [0.05, 0.1) is 5.69 Å². The quantitative estimate of drug-likeness (QED) is 0.313. The molecule has 7 rings (SSSR count). The van der Waals surface area contributed by atoms with Crippen molar-refractivity contribution in [1.29, 1.82) is 0 Å². The van der Waals surface area contributed by atoms with Crippen molar-refractivity contribution in [3.63, 3.8) is 0 Å². The minimum atomic E-state index is 0.0341. The van der Waals surface area contributed by atoms with E-state index >= 15 is 0 Å². The van der Waals surface area contributed by atoms with E-state index in [1.54, 1.807) is 10.9 Å². The maximum atomic E-state index is 11.9. The van der Waals surface area contributed by atoms with E-state index in [0.717, 1.165) is 72.8 Å². The van der Waals surface area contributed by atoms with E-state index in [1.165, 1.54) is 17.2 Å². The van der Waals surface area contributed by atoms with E-state index in [9.17, 15) is 4.79 Å². The number of imidazole rings is 1. The molecule has 0 unspecified atom stereocenters. The van der Waals surface area contributed by atoms with Crippen molar-refractivity contribution in [3.05, 3.63) is 103 Å². The van der Waals surface area contributed by atoms with Crippen molar-refractivity contribution >= 4 is 11.6 Å². The number of fused-ring (bicyclic) bond motifs is 2. The molecule has 1 saturated heterocycles. The lowest BCUT2D eigenvalue weighted by Crippen LogP contribution is -2.45. The summed E-state index contributed by atoms with van der Waals surface area (Å²) >= 11 is 0. The van der Waals surface area contributed by atoms with Crippen LogP contribution in [0.5, 0.6) is 0 Å². The van der Waals surface area contributed by atoms with Crippen LogP contribution in [0.4, 0.5) is 0 Å². The molecule has 8 nitrogen and oxygen atoms in total. The zero-order valence-electron chi connectivity index (χ0n) is 22.3. The van der Waals surface area contributed by atoms with Gasteiger partial charge in [0.1, 0.15) is 5.69 Å². The highest BCUT2D eigenvalue weighted by molar-refractivity contribution is 5.87. The Bertz CT molecular complexity index is 1680. The number of nitrogens with one attached hydrogen (secondary N) is 1. The lowest BCUT2D eigenvalue weighted by Gasteiger charge is -2.33. The number of carbonyl (C=O) groups excluding carboxylic acids is 1. The van der Waals surface area contributed by atoms with Gasteiger partial charge in [-0.25, -0.2) is 14.2 Å². The van der Waals surface area contributed by atoms with Gasteiger partial charge in [0.25, 0.3) is 0 Å². The normalized spacial score (nSPS) is 17.3. The molecule has 0 radical (unpaired) electrons. The van der Waals surface area contributed by atoms with Crippen LogP contribution in [-0.4, -0.2) is 54.3 Å². The number of hydrogen-bond acceptors (Lipinski definition) is 5. The average molecular weight is 530 g/mol. The highest BCUT2D eigenvalue weighted by Crippen LogP contribution is 2.38. The molecule has 0 spiro atoms. The van der Waals surface area contributed by atoms with Gasteiger partial charge < -0.3 is 10.2 Å². The smallest absolute Gasteiger partial charge is 0.245 e. The fraction of sp³-hybridized carbons (Fsp3) is 0.250. The average Bonchev–Trinajstić information content (AvgIpc) is 3.76. The molecule has 1 aliphatic carbocycles. The second-order valence-corrected chi connectivity index (χ2v) is 10.6. The van der Waals surface area contributed by atoms with Gasteiger partial charge in [-0.15, -0.1) is 5.10 Å². The highest BCUT2D eigenvalue weighted by atomic mass is 16.2. The maximum Gasteiger partial charge on any atom is 0.245 e. The van der Waals surface area contributed by atoms with Crippen LogP contribution in [0.15, 0.2) is 91.8 Å². The Hall–Kier alpha value is -4.56. The molecule has 3 aromatic heterocycles. The van der Waals surface area contributed by atoms with E-state index in [4.69, 9.17) is 10.1 Å². The van der Waals surface area contributed by atoms with Gasteiger partial charge in [-0.1, -0.05) is 49.0 Å². The molecule has 40 heavy (non-hydrogen) atoms. The van der Waals surface area contributed by atoms with Gasteiger partial charge in [0, 0.05) is 48.7 Å². The summed E-state index contributed by atoms with van der Waals surface area (Å²) in [6.07, 6.45) is 9.11. The molecule has 1 amide bonds. The topological polar surface area (TPSA) is 80.3 Å². The van der Waals surface area contributed by atoms with Gasteiger partial charge in [0.2, 0.25) is 5.91 Å². The summed E-state index contributed by atoms with van der Waals surface area (Å²) in [5, 5.41) is 13.2. The fourth-order valence-electron chi connectivity index (χ4n) is 6.12. The van der Waals surface area contributed by atoms with Crippen LogP contribution in [0.2, 0.25) is 0 Å². The number of nitrogens with zero attached hydrogens (tertiary/aromatic N) is 6. The summed E-state index contributed by atoms with van der Waals surface area (Å²) in [6.45, 7) is 5.19. The van der Waals surface area contributed by atoms with Crippen LogP contribution in [0.1, 0.15) is 36.4 Å². The van der Waals surface area contributed by atoms with Crippen molar-refractivity contribution in [2.75, 3.05) is 13.1 Å². The first-order valence-corrected chi connectivity index (χ1v) is 13.9. The number of likely N-dealkylation sites (tertiary alicyclic amines) is 1. The van der Waals surface area contributed by atoms with E-state index in [-0.39, 0.29) is 5.91 Å². The molecule has 0 bridgehead atoms. The first kappa shape index (κ1) is 24.5. The van der Waals surface area contributed by atoms with Crippen molar-refractivity contribution in [1.82, 2.24) is 34.6 Å². The van der Waals surface area contributed by atoms with Gasteiger partial charge in [0.15, 0.2) is 11.5 Å². The summed E-state index contributed by atoms with van der Waals surface area (Å²) in [5.74, 6) is 0.771. The maximum absolute atomic E-state index is 11.9. The molecular formula is C32H31N7O. The molecule has 200 valence electrons. The number of benzene rings is 2. The Kier molecular flexibility index (Phi) is 6.24. The first-order valence-electron chi connectivity index (χ1n) is 13.9. The lowest BCUT2D eigenvalue weighted by atomic mass is 9.99. The summed E-state index contributed by atoms with van der Waals surface area (Å²) in [7, 11) is 0. The molecule has 8 heteroatoms. The highest BCUT2D eigenvalue weighted by Gasteiger charge is 2.28. The standard InChI is InChI=1S/C32H31N7O/c1-2-30(40)37-19-15-25(16-20-37)34-27-12-10-23-21-24(9-11-26(23)27)31-32(22-7-4-3-5-8-22)39-28(35-31)13-14-29(36-39)38-18-6-17-33-38/h2-9,11,13-14,17-18,21,25,27,34H,1,10,12,15-16,19-20H2/t27-/m0/s1. The number of rotatable bonds is 6. The minimum absolute atomic E-state index is 0.0341. The van der Waals surface area contributed by atoms with Crippen LogP contribution >= 0.6 is 0 Å². The van der Waals surface area contributed by atoms with Crippen molar-refractivity contribution < 1.29 is 4.79 Å². The van der Waals surface area contributed by atoms with Crippen molar-refractivity contribution in [2.45, 2.75) is 37.8 Å². The zero-order valence-corrected chi connectivity index (χ0v) is 22.3. The Morgan fingerprint density at radius 3 is 2.60 bits per heavy atom. The number of carbonyl (C=O) groups is 1. The monoisotopic (exact) mass is 529 g/mol. The number of aromatic nitrogens is 5. The Morgan fingerprint density at radius 1 is 0.975 bits per heavy atom. The van der Waals surface area contributed by atoms with Crippen molar-refractivity contribution in [3.8, 4) is 28.3 Å². The SMILES string of the molecule is C=CC(=O)N1CCC(N[C@H]2CCc3cc(-c4nc5ccc(-n6cccn6)nn5c4-c4ccccc4)ccc32)CC1. The van der Waals surface area contributed by atoms with Crippen LogP contribution in [-0.2, 0) is 11.2 Å². The minimum Gasteiger partial charge on any atom is -0.339 e. The van der Waals surface area contributed by atoms with Crippen LogP contribution < -0.4 is 5.32 Å². The van der Waals surface area contributed by atoms with Crippen LogP contribution in [0.25, 0.3) is 34.0 Å². The van der Waals surface area contributed by atoms with Gasteiger partial charge in [-0.2, -0.15) is 5.10 Å². The fourth-order valence-corrected chi connectivity index (χ4v) is 6.12. The Morgan fingerprint density at radius 2 is 1.82 bits per heavy atom. The Balaban J connectivity index is 1.20. The number of amides is 1. The molecule has 4 heterocycles. The third-order valence-corrected chi connectivity index (χ3v) is 8.16. The molecule has 1 atom stereocenters. The molecule has 1 fully saturated rings. The predicted octanol–water partition coefficient (Wildman–Crippen LogP) is 5.00. The summed E-state index contributed by atoms with van der Waals surface area (Å²) in [6, 6.07) is 23.7. The lowest BCUT2D eigenvalue weighted by molar-refractivity contribution is -0.127. The van der Waals surface area contributed by atoms with Gasteiger partial charge >= 0.3 is 0 Å². The van der Waals surface area contributed by atoms with E-state index in [2.05, 4.69) is 47.3 Å². The van der Waals surface area contributed by atoms with Crippen LogP contribution in [0.3, 0.4) is 0 Å². The number of aryl methyl sites for hydroxylation is 1. The largest absolute Gasteiger partial charge is 0.339 e. The van der Waals surface area contributed by atoms with E-state index in [0.29, 0.717) is 12.1 Å². The second kappa shape index (κ2) is 10.2. The Labute approximate surface area is 233 Å². The molecule has 2 aliphatic rings. The third-order valence-electron chi connectivity index (χ3n) is 8.16. The predicted molar refractivity (Wildman–Crippen MR) is 155 cm³/mol. The second-order valence-electron chi connectivity index (χ2n) is 10.6. The third kappa shape index (κ3) is 4.40. The zero-order chi connectivity index (χ0) is 27.1. The molecule has 5 aromatic rings. The van der Waals surface area contributed by atoms with Crippen LogP contribution in [0, 0.1) is 0 Å². The van der Waals surface area contributed by atoms with E-state index in [1.807, 2.05) is 52.0 Å². The number of piperidine rings is 1. The molecular weight excluding hydrogens is 498 g/mol. The molecule has 1 aliphatic heterocycles. The summed E-state index contributed by atoms with van der Waals surface area (Å²) in [5.41, 5.74) is 7.60. The van der Waals surface area contributed by atoms with Gasteiger partial charge in [-0.3, -0.25) is 4.79 Å². The first-order chi connectivity index (χ1) is 19.7. The van der Waals surface area contributed by atoms with Gasteiger partial charge in [-0.05, 0) is 67.2 Å². The van der Waals surface area contributed by atoms with E-state index < -0.39 is 0 Å².